The first kappa shape index (κ1) is 17.5. The third-order valence-corrected chi connectivity index (χ3v) is 5.89. The second-order valence-corrected chi connectivity index (χ2v) is 7.84. The minimum Gasteiger partial charge on any atom is -0.398 e. The second-order valence-electron chi connectivity index (χ2n) is 5.10. The Bertz CT molecular complexity index is 544. The molecule has 20 heavy (non-hydrogen) atoms. The molecule has 0 saturated heterocycles. The van der Waals surface area contributed by atoms with Crippen molar-refractivity contribution in [3.05, 3.63) is 22.7 Å². The topological polar surface area (TPSA) is 63.4 Å². The van der Waals surface area contributed by atoms with Gasteiger partial charge in [-0.05, 0) is 54.4 Å². The quantitative estimate of drug-likeness (QED) is 0.594. The van der Waals surface area contributed by atoms with E-state index < -0.39 is 10.0 Å². The fourth-order valence-corrected chi connectivity index (χ4v) is 4.21. The number of hydrogen-bond acceptors (Lipinski definition) is 3. The van der Waals surface area contributed by atoms with Crippen LogP contribution in [0.3, 0.4) is 0 Å². The van der Waals surface area contributed by atoms with Crippen LogP contribution < -0.4 is 5.73 Å². The van der Waals surface area contributed by atoms with E-state index in [1.807, 2.05) is 13.8 Å². The van der Waals surface area contributed by atoms with E-state index in [4.69, 9.17) is 5.73 Å². The lowest BCUT2D eigenvalue weighted by Gasteiger charge is -2.26. The second kappa shape index (κ2) is 7.43. The molecule has 0 aromatic heterocycles. The maximum atomic E-state index is 12.7. The predicted molar refractivity (Wildman–Crippen MR) is 87.1 cm³/mol. The van der Waals surface area contributed by atoms with Crippen molar-refractivity contribution in [1.82, 2.24) is 4.31 Å². The molecular formula is C14H23BrN2O2S. The van der Waals surface area contributed by atoms with Crippen LogP contribution in [-0.4, -0.2) is 25.3 Å². The van der Waals surface area contributed by atoms with Gasteiger partial charge < -0.3 is 5.73 Å². The van der Waals surface area contributed by atoms with Crippen molar-refractivity contribution in [1.29, 1.82) is 0 Å². The molecule has 0 radical (unpaired) electrons. The number of hydrogen-bond donors (Lipinski definition) is 1. The molecule has 1 rings (SSSR count). The number of benzene rings is 1. The largest absolute Gasteiger partial charge is 0.398 e. The number of unbranched alkanes of at least 4 members (excludes halogenated alkanes) is 2. The van der Waals surface area contributed by atoms with Crippen molar-refractivity contribution in [2.75, 3.05) is 12.3 Å². The first-order chi connectivity index (χ1) is 9.30. The summed E-state index contributed by atoms with van der Waals surface area (Å²) in [5.74, 6) is 0. The van der Waals surface area contributed by atoms with Crippen LogP contribution in [0.2, 0.25) is 0 Å². The van der Waals surface area contributed by atoms with E-state index in [9.17, 15) is 8.42 Å². The molecule has 6 heteroatoms. The van der Waals surface area contributed by atoms with Crippen LogP contribution in [0.4, 0.5) is 5.69 Å². The standard InChI is InChI=1S/C14H23BrN2O2S/c1-4-5-6-9-17(11(2)3)20(18,19)12-7-8-14(16)13(15)10-12/h7-8,10-11H,4-6,9,16H2,1-3H3. The van der Waals surface area contributed by atoms with Crippen molar-refractivity contribution in [3.8, 4) is 0 Å². The van der Waals surface area contributed by atoms with Crippen LogP contribution in [0.15, 0.2) is 27.6 Å². The van der Waals surface area contributed by atoms with E-state index in [1.54, 1.807) is 22.5 Å². The highest BCUT2D eigenvalue weighted by Gasteiger charge is 2.26. The fraction of sp³-hybridized carbons (Fsp3) is 0.571. The van der Waals surface area contributed by atoms with Gasteiger partial charge in [0, 0.05) is 22.7 Å². The molecule has 0 bridgehead atoms. The summed E-state index contributed by atoms with van der Waals surface area (Å²) in [7, 11) is -3.47. The summed E-state index contributed by atoms with van der Waals surface area (Å²) in [4.78, 5) is 0.281. The Hall–Kier alpha value is -0.590. The van der Waals surface area contributed by atoms with E-state index in [0.717, 1.165) is 19.3 Å². The monoisotopic (exact) mass is 362 g/mol. The van der Waals surface area contributed by atoms with Crippen LogP contribution in [0, 0.1) is 0 Å². The number of halogens is 1. The van der Waals surface area contributed by atoms with E-state index in [-0.39, 0.29) is 10.9 Å². The van der Waals surface area contributed by atoms with Gasteiger partial charge in [-0.2, -0.15) is 4.31 Å². The number of nitrogen functional groups attached to an aromatic ring is 1. The van der Waals surface area contributed by atoms with Gasteiger partial charge in [-0.25, -0.2) is 8.42 Å². The number of sulfonamides is 1. The molecular weight excluding hydrogens is 340 g/mol. The molecule has 0 heterocycles. The van der Waals surface area contributed by atoms with E-state index in [1.165, 1.54) is 0 Å². The lowest BCUT2D eigenvalue weighted by Crippen LogP contribution is -2.37. The smallest absolute Gasteiger partial charge is 0.243 e. The molecule has 1 aromatic carbocycles. The van der Waals surface area contributed by atoms with Gasteiger partial charge in [0.2, 0.25) is 10.0 Å². The normalized spacial score (nSPS) is 12.3. The highest BCUT2D eigenvalue weighted by Crippen LogP contribution is 2.26. The Labute approximate surface area is 130 Å². The van der Waals surface area contributed by atoms with Gasteiger partial charge >= 0.3 is 0 Å². The molecule has 114 valence electrons. The maximum Gasteiger partial charge on any atom is 0.243 e. The average molecular weight is 363 g/mol. The first-order valence-corrected chi connectivity index (χ1v) is 9.11. The fourth-order valence-electron chi connectivity index (χ4n) is 1.98. The highest BCUT2D eigenvalue weighted by atomic mass is 79.9. The SMILES string of the molecule is CCCCCN(C(C)C)S(=O)(=O)c1ccc(N)c(Br)c1. The van der Waals surface area contributed by atoms with Crippen molar-refractivity contribution in [2.24, 2.45) is 0 Å². The third-order valence-electron chi connectivity index (χ3n) is 3.14. The van der Waals surface area contributed by atoms with E-state index >= 15 is 0 Å². The van der Waals surface area contributed by atoms with Crippen LogP contribution in [0.1, 0.15) is 40.0 Å². The Morgan fingerprint density at radius 1 is 1.30 bits per heavy atom. The summed E-state index contributed by atoms with van der Waals surface area (Å²) in [5, 5.41) is 0. The van der Waals surface area contributed by atoms with Crippen LogP contribution >= 0.6 is 15.9 Å². The van der Waals surface area contributed by atoms with E-state index in [2.05, 4.69) is 22.9 Å². The minimum atomic E-state index is -3.47. The molecule has 0 saturated carbocycles. The molecule has 0 aliphatic heterocycles. The number of nitrogens with two attached hydrogens (primary N) is 1. The molecule has 0 aliphatic rings. The van der Waals surface area contributed by atoms with Crippen molar-refractivity contribution in [3.63, 3.8) is 0 Å². The third kappa shape index (κ3) is 4.20. The average Bonchev–Trinajstić information content (AvgIpc) is 2.37. The molecule has 2 N–H and O–H groups in total. The van der Waals surface area contributed by atoms with Crippen molar-refractivity contribution < 1.29 is 8.42 Å². The van der Waals surface area contributed by atoms with Gasteiger partial charge in [-0.3, -0.25) is 0 Å². The molecule has 0 amide bonds. The molecule has 4 nitrogen and oxygen atoms in total. The zero-order valence-electron chi connectivity index (χ0n) is 12.3. The Morgan fingerprint density at radius 3 is 2.45 bits per heavy atom. The number of anilines is 1. The maximum absolute atomic E-state index is 12.7. The number of nitrogens with zero attached hydrogens (tertiary/aromatic N) is 1. The summed E-state index contributed by atoms with van der Waals surface area (Å²) in [5.41, 5.74) is 6.24. The first-order valence-electron chi connectivity index (χ1n) is 6.87. The molecule has 0 unspecified atom stereocenters. The Morgan fingerprint density at radius 2 is 1.95 bits per heavy atom. The van der Waals surface area contributed by atoms with Gasteiger partial charge in [0.1, 0.15) is 0 Å². The van der Waals surface area contributed by atoms with Crippen LogP contribution in [0.25, 0.3) is 0 Å². The minimum absolute atomic E-state index is 0.0619. The van der Waals surface area contributed by atoms with Crippen LogP contribution in [0.5, 0.6) is 0 Å². The van der Waals surface area contributed by atoms with Gasteiger partial charge in [-0.1, -0.05) is 19.8 Å². The molecule has 0 spiro atoms. The predicted octanol–water partition coefficient (Wildman–Crippen LogP) is 3.62. The molecule has 0 aliphatic carbocycles. The van der Waals surface area contributed by atoms with Crippen molar-refractivity contribution in [2.45, 2.75) is 51.0 Å². The Kier molecular flexibility index (Phi) is 6.48. The Balaban J connectivity index is 3.06. The van der Waals surface area contributed by atoms with Gasteiger partial charge in [0.15, 0.2) is 0 Å². The highest BCUT2D eigenvalue weighted by molar-refractivity contribution is 9.10. The summed E-state index contributed by atoms with van der Waals surface area (Å²) in [6.45, 7) is 6.45. The lowest BCUT2D eigenvalue weighted by atomic mass is 10.2. The van der Waals surface area contributed by atoms with Gasteiger partial charge in [0.25, 0.3) is 0 Å². The molecule has 1 aromatic rings. The number of rotatable bonds is 7. The lowest BCUT2D eigenvalue weighted by molar-refractivity contribution is 0.345. The zero-order valence-corrected chi connectivity index (χ0v) is 14.7. The van der Waals surface area contributed by atoms with Gasteiger partial charge in [-0.15, -0.1) is 0 Å². The summed E-state index contributed by atoms with van der Waals surface area (Å²) in [6.07, 6.45) is 2.98. The molecule has 0 atom stereocenters. The molecule has 0 fully saturated rings. The summed E-state index contributed by atoms with van der Waals surface area (Å²) < 4.78 is 27.6. The van der Waals surface area contributed by atoms with Crippen molar-refractivity contribution >= 4 is 31.6 Å². The van der Waals surface area contributed by atoms with Crippen LogP contribution in [-0.2, 0) is 10.0 Å². The van der Waals surface area contributed by atoms with E-state index in [0.29, 0.717) is 16.7 Å². The summed E-state index contributed by atoms with van der Waals surface area (Å²) in [6, 6.07) is 4.68. The zero-order chi connectivity index (χ0) is 15.3. The van der Waals surface area contributed by atoms with Gasteiger partial charge in [0.05, 0.1) is 4.90 Å². The summed E-state index contributed by atoms with van der Waals surface area (Å²) >= 11 is 3.28.